The average Bonchev–Trinajstić information content (AvgIpc) is 3.30. The van der Waals surface area contributed by atoms with Crippen LogP contribution in [0.5, 0.6) is 0 Å². The van der Waals surface area contributed by atoms with E-state index in [1.54, 1.807) is 0 Å². The van der Waals surface area contributed by atoms with Crippen molar-refractivity contribution in [2.24, 2.45) is 0 Å². The summed E-state index contributed by atoms with van der Waals surface area (Å²) >= 11 is 0. The summed E-state index contributed by atoms with van der Waals surface area (Å²) in [6.45, 7) is 4.23. The summed E-state index contributed by atoms with van der Waals surface area (Å²) in [5.74, 6) is -0.816. The van der Waals surface area contributed by atoms with Gasteiger partial charge in [0.1, 0.15) is 19.8 Å². The molecule has 68 heavy (non-hydrogen) atoms. The number of phosphoric acid groups is 1. The number of esters is 2. The first-order chi connectivity index (χ1) is 33.0. The molecule has 0 aliphatic heterocycles. The van der Waals surface area contributed by atoms with Crippen molar-refractivity contribution in [2.75, 3.05) is 47.5 Å². The smallest absolute Gasteiger partial charge is 0.462 e. The lowest BCUT2D eigenvalue weighted by Gasteiger charge is -2.24. The SMILES string of the molecule is CC/C=C\C/C=C\C/C=C\C/C=C\C/C=C\CCCCCCCCCCCCCCCCCC(=O)OC(COC(=O)CCCCCCC/C=C\C/C=C\CCC)COP(=O)(O)OCC[N+](C)(C)C. The zero-order valence-electron chi connectivity index (χ0n) is 44.3. The third-order valence-corrected chi connectivity index (χ3v) is 12.4. The first kappa shape index (κ1) is 65.2. The second-order valence-corrected chi connectivity index (χ2v) is 20.7. The van der Waals surface area contributed by atoms with Gasteiger partial charge in [0.2, 0.25) is 0 Å². The molecule has 0 amide bonds. The number of ether oxygens (including phenoxy) is 2. The monoisotopic (exact) mass is 973 g/mol. The maximum absolute atomic E-state index is 12.8. The number of nitrogens with zero attached hydrogens (tertiary/aromatic N) is 1. The van der Waals surface area contributed by atoms with E-state index in [0.717, 1.165) is 103 Å². The molecule has 0 aromatic carbocycles. The maximum Gasteiger partial charge on any atom is 0.472 e. The van der Waals surface area contributed by atoms with Crippen LogP contribution in [-0.2, 0) is 32.7 Å². The van der Waals surface area contributed by atoms with Crippen LogP contribution < -0.4 is 0 Å². The molecule has 0 aliphatic rings. The van der Waals surface area contributed by atoms with Crippen LogP contribution >= 0.6 is 7.82 Å². The number of likely N-dealkylation sites (N-methyl/N-ethyl adjacent to an activating group) is 1. The minimum atomic E-state index is -4.39. The van der Waals surface area contributed by atoms with Gasteiger partial charge in [-0.05, 0) is 83.5 Å². The van der Waals surface area contributed by atoms with Crippen LogP contribution in [0.15, 0.2) is 85.1 Å². The molecular formula is C58H103NO8P+. The minimum Gasteiger partial charge on any atom is -0.462 e. The molecule has 0 saturated heterocycles. The Balaban J connectivity index is 4.10. The number of hydrogen-bond acceptors (Lipinski definition) is 7. The molecule has 1 N–H and O–H groups in total. The Morgan fingerprint density at radius 1 is 0.471 bits per heavy atom. The van der Waals surface area contributed by atoms with E-state index < -0.39 is 26.5 Å². The lowest BCUT2D eigenvalue weighted by atomic mass is 10.0. The Morgan fingerprint density at radius 2 is 0.838 bits per heavy atom. The van der Waals surface area contributed by atoms with Crippen molar-refractivity contribution in [1.29, 1.82) is 0 Å². The van der Waals surface area contributed by atoms with E-state index in [2.05, 4.69) is 98.9 Å². The van der Waals surface area contributed by atoms with Crippen LogP contribution in [0.3, 0.4) is 0 Å². The Hall–Kier alpha value is -2.81. The van der Waals surface area contributed by atoms with Crippen molar-refractivity contribution in [2.45, 2.75) is 225 Å². The molecule has 0 aromatic heterocycles. The fourth-order valence-electron chi connectivity index (χ4n) is 7.20. The van der Waals surface area contributed by atoms with Gasteiger partial charge in [-0.3, -0.25) is 18.6 Å². The first-order valence-corrected chi connectivity index (χ1v) is 28.8. The van der Waals surface area contributed by atoms with Crippen molar-refractivity contribution in [1.82, 2.24) is 0 Å². The number of hydrogen-bond donors (Lipinski definition) is 1. The van der Waals surface area contributed by atoms with Gasteiger partial charge in [-0.1, -0.05) is 208 Å². The molecular weight excluding hydrogens is 870 g/mol. The number of carbonyl (C=O) groups is 2. The van der Waals surface area contributed by atoms with Crippen LogP contribution in [0, 0.1) is 0 Å². The van der Waals surface area contributed by atoms with E-state index in [0.29, 0.717) is 17.4 Å². The van der Waals surface area contributed by atoms with E-state index >= 15 is 0 Å². The number of unbranched alkanes of at least 4 members (excludes halogenated alkanes) is 21. The zero-order valence-corrected chi connectivity index (χ0v) is 45.2. The predicted molar refractivity (Wildman–Crippen MR) is 289 cm³/mol. The Morgan fingerprint density at radius 3 is 1.25 bits per heavy atom. The summed E-state index contributed by atoms with van der Waals surface area (Å²) in [5.41, 5.74) is 0. The highest BCUT2D eigenvalue weighted by Crippen LogP contribution is 2.43. The van der Waals surface area contributed by atoms with Gasteiger partial charge in [-0.25, -0.2) is 4.57 Å². The molecule has 0 aliphatic carbocycles. The van der Waals surface area contributed by atoms with Gasteiger partial charge in [0, 0.05) is 12.8 Å². The molecule has 0 aromatic rings. The first-order valence-electron chi connectivity index (χ1n) is 27.3. The van der Waals surface area contributed by atoms with Gasteiger partial charge >= 0.3 is 19.8 Å². The van der Waals surface area contributed by atoms with E-state index in [1.165, 1.54) is 83.5 Å². The van der Waals surface area contributed by atoms with Gasteiger partial charge in [0.15, 0.2) is 6.10 Å². The van der Waals surface area contributed by atoms with Crippen molar-refractivity contribution in [3.05, 3.63) is 85.1 Å². The predicted octanol–water partition coefficient (Wildman–Crippen LogP) is 16.7. The molecule has 392 valence electrons. The average molecular weight is 973 g/mol. The highest BCUT2D eigenvalue weighted by atomic mass is 31.2. The molecule has 2 atom stereocenters. The largest absolute Gasteiger partial charge is 0.472 e. The molecule has 9 nitrogen and oxygen atoms in total. The number of allylic oxidation sites excluding steroid dienone is 14. The highest BCUT2D eigenvalue weighted by Gasteiger charge is 2.27. The molecule has 0 spiro atoms. The van der Waals surface area contributed by atoms with Gasteiger partial charge < -0.3 is 18.9 Å². The number of quaternary nitrogens is 1. The normalized spacial score (nSPS) is 14.0. The van der Waals surface area contributed by atoms with E-state index in [4.69, 9.17) is 18.5 Å². The van der Waals surface area contributed by atoms with Crippen LogP contribution in [0.25, 0.3) is 0 Å². The summed E-state index contributed by atoms with van der Waals surface area (Å²) in [6.07, 6.45) is 65.1. The Labute approximate surface area is 418 Å². The number of carbonyl (C=O) groups excluding carboxylic acids is 2. The molecule has 0 saturated carbocycles. The summed E-state index contributed by atoms with van der Waals surface area (Å²) < 4.78 is 34.4. The number of rotatable bonds is 49. The fraction of sp³-hybridized carbons (Fsp3) is 0.724. The van der Waals surface area contributed by atoms with Gasteiger partial charge in [-0.15, -0.1) is 0 Å². The summed E-state index contributed by atoms with van der Waals surface area (Å²) in [6, 6.07) is 0. The van der Waals surface area contributed by atoms with Gasteiger partial charge in [0.25, 0.3) is 0 Å². The second kappa shape index (κ2) is 49.2. The van der Waals surface area contributed by atoms with Crippen LogP contribution in [0.2, 0.25) is 0 Å². The molecule has 0 rings (SSSR count). The van der Waals surface area contributed by atoms with E-state index in [-0.39, 0.29) is 32.0 Å². The number of phosphoric ester groups is 1. The van der Waals surface area contributed by atoms with Crippen molar-refractivity contribution < 1.29 is 42.1 Å². The molecule has 0 radical (unpaired) electrons. The standard InChI is InChI=1S/C58H102NO8P/c1-6-8-10-12-14-16-18-20-21-22-23-24-25-26-27-28-29-30-31-32-33-34-35-36-37-39-41-43-45-47-49-51-58(61)67-56(55-66-68(62,63)65-53-52-59(3,4)5)54-64-57(60)50-48-46-44-42-40-38-19-17-15-13-11-9-7-2/h8,10-11,13-14,16-17,19-21,23-24,26-27,56H,6-7,9,12,15,18,22,25,28-55H2,1-5H3/p+1/b10-8-,13-11-,16-14-,19-17-,21-20-,24-23-,27-26-. The third-order valence-electron chi connectivity index (χ3n) is 11.4. The van der Waals surface area contributed by atoms with Gasteiger partial charge in [-0.2, -0.15) is 0 Å². The van der Waals surface area contributed by atoms with Crippen molar-refractivity contribution >= 4 is 19.8 Å². The van der Waals surface area contributed by atoms with Crippen LogP contribution in [0.1, 0.15) is 219 Å². The lowest BCUT2D eigenvalue weighted by molar-refractivity contribution is -0.870. The van der Waals surface area contributed by atoms with E-state index in [1.807, 2.05) is 21.1 Å². The van der Waals surface area contributed by atoms with Crippen molar-refractivity contribution in [3.8, 4) is 0 Å². The maximum atomic E-state index is 12.8. The summed E-state index contributed by atoms with van der Waals surface area (Å²) in [7, 11) is 1.46. The summed E-state index contributed by atoms with van der Waals surface area (Å²) in [5, 5.41) is 0. The topological polar surface area (TPSA) is 108 Å². The Kier molecular flexibility index (Phi) is 47.2. The summed E-state index contributed by atoms with van der Waals surface area (Å²) in [4.78, 5) is 35.5. The fourth-order valence-corrected chi connectivity index (χ4v) is 7.94. The van der Waals surface area contributed by atoms with E-state index in [9.17, 15) is 19.0 Å². The molecule has 0 bridgehead atoms. The minimum absolute atomic E-state index is 0.0266. The molecule has 0 heterocycles. The second-order valence-electron chi connectivity index (χ2n) is 19.2. The molecule has 2 unspecified atom stereocenters. The molecule has 0 fully saturated rings. The quantitative estimate of drug-likeness (QED) is 0.0211. The molecule has 10 heteroatoms. The zero-order chi connectivity index (χ0) is 49.9. The van der Waals surface area contributed by atoms with Crippen LogP contribution in [-0.4, -0.2) is 74.9 Å². The van der Waals surface area contributed by atoms with Gasteiger partial charge in [0.05, 0.1) is 27.7 Å². The lowest BCUT2D eigenvalue weighted by Crippen LogP contribution is -2.37. The Bertz CT molecular complexity index is 1420. The highest BCUT2D eigenvalue weighted by molar-refractivity contribution is 7.47. The van der Waals surface area contributed by atoms with Crippen LogP contribution in [0.4, 0.5) is 0 Å². The third kappa shape index (κ3) is 52.6. The van der Waals surface area contributed by atoms with Crippen molar-refractivity contribution in [3.63, 3.8) is 0 Å².